The number of ether oxygens (including phenoxy) is 2. The lowest BCUT2D eigenvalue weighted by atomic mass is 10.0. The summed E-state index contributed by atoms with van der Waals surface area (Å²) >= 11 is 1.18. The van der Waals surface area contributed by atoms with Gasteiger partial charge in [-0.15, -0.1) is 11.3 Å². The van der Waals surface area contributed by atoms with E-state index in [0.29, 0.717) is 17.9 Å². The number of aliphatic hydroxyl groups excluding tert-OH is 1. The van der Waals surface area contributed by atoms with E-state index in [2.05, 4.69) is 0 Å². The van der Waals surface area contributed by atoms with Gasteiger partial charge in [0.15, 0.2) is 0 Å². The number of carbonyl (C=O) groups is 1. The Morgan fingerprint density at radius 1 is 1.18 bits per heavy atom. The smallest absolute Gasteiger partial charge is 0.258 e. The molecule has 0 aliphatic carbocycles. The Morgan fingerprint density at radius 3 is 2.56 bits per heavy atom. The number of hydrogen-bond donors (Lipinski definition) is 1. The normalized spacial score (nSPS) is 22.6. The summed E-state index contributed by atoms with van der Waals surface area (Å²) in [5, 5.41) is 11.8. The van der Waals surface area contributed by atoms with Crippen LogP contribution in [0.4, 0.5) is 5.69 Å². The zero-order chi connectivity index (χ0) is 28.7. The van der Waals surface area contributed by atoms with Gasteiger partial charge >= 0.3 is 0 Å². The molecule has 1 aliphatic heterocycles. The maximum absolute atomic E-state index is 14.0. The summed E-state index contributed by atoms with van der Waals surface area (Å²) in [6.45, 7) is 6.44. The summed E-state index contributed by atoms with van der Waals surface area (Å²) in [7, 11) is 1.74. The fourth-order valence-electron chi connectivity index (χ4n) is 4.57. The van der Waals surface area contributed by atoms with Crippen molar-refractivity contribution < 1.29 is 27.8 Å². The second-order valence-corrected chi connectivity index (χ2v) is 13.8. The molecule has 39 heavy (non-hydrogen) atoms. The minimum absolute atomic E-state index is 0.106. The van der Waals surface area contributed by atoms with Crippen LogP contribution >= 0.6 is 11.3 Å². The molecule has 4 atom stereocenters. The molecule has 0 saturated carbocycles. The van der Waals surface area contributed by atoms with E-state index in [1.54, 1.807) is 36.4 Å². The standard InChI is InChI=1S/C28H43N3O6S2/c1-20-17-31(21(2)19-32)28(33)24-16-23(29(4)5)12-13-25(24)37-22(3)10-7-8-14-36-26(20)18-30(6)39(34,35)27-11-9-15-38-27/h9,11-13,15-16,20-22,26,32H,7-8,10,14,17-19H2,1-6H3/t20-,21-,22-,26+/m1/s1. The molecule has 0 radical (unpaired) electrons. The second-order valence-electron chi connectivity index (χ2n) is 10.6. The predicted octanol–water partition coefficient (Wildman–Crippen LogP) is 3.93. The number of hydrogen-bond acceptors (Lipinski definition) is 8. The Hall–Kier alpha value is -2.18. The number of carbonyl (C=O) groups excluding carboxylic acids is 1. The molecule has 0 unspecified atom stereocenters. The van der Waals surface area contributed by atoms with E-state index in [1.165, 1.54) is 15.6 Å². The van der Waals surface area contributed by atoms with E-state index in [4.69, 9.17) is 9.47 Å². The molecule has 1 aromatic heterocycles. The minimum Gasteiger partial charge on any atom is -0.490 e. The van der Waals surface area contributed by atoms with E-state index < -0.39 is 22.2 Å². The van der Waals surface area contributed by atoms with Crippen LogP contribution in [-0.2, 0) is 14.8 Å². The molecule has 0 bridgehead atoms. The Bertz CT molecular complexity index is 1170. The van der Waals surface area contributed by atoms with Crippen LogP contribution in [0.2, 0.25) is 0 Å². The van der Waals surface area contributed by atoms with Crippen LogP contribution in [0.5, 0.6) is 5.75 Å². The Labute approximate surface area is 237 Å². The Morgan fingerprint density at radius 2 is 1.92 bits per heavy atom. The van der Waals surface area contributed by atoms with E-state index in [9.17, 15) is 18.3 Å². The first-order valence-corrected chi connectivity index (χ1v) is 15.8. The molecule has 0 spiro atoms. The fraction of sp³-hybridized carbons (Fsp3) is 0.607. The van der Waals surface area contributed by atoms with Gasteiger partial charge in [0.25, 0.3) is 15.9 Å². The van der Waals surface area contributed by atoms with Gasteiger partial charge in [-0.25, -0.2) is 8.42 Å². The second kappa shape index (κ2) is 13.9. The Balaban J connectivity index is 1.96. The molecule has 2 heterocycles. The number of thiophene rings is 1. The monoisotopic (exact) mass is 581 g/mol. The first-order valence-electron chi connectivity index (χ1n) is 13.5. The maximum atomic E-state index is 14.0. The number of amides is 1. The van der Waals surface area contributed by atoms with Crippen molar-refractivity contribution >= 4 is 33.0 Å². The van der Waals surface area contributed by atoms with Crippen molar-refractivity contribution in [2.24, 2.45) is 5.92 Å². The highest BCUT2D eigenvalue weighted by molar-refractivity contribution is 7.91. The highest BCUT2D eigenvalue weighted by Gasteiger charge is 2.32. The van der Waals surface area contributed by atoms with Gasteiger partial charge in [0.1, 0.15) is 9.96 Å². The van der Waals surface area contributed by atoms with Crippen molar-refractivity contribution in [3.8, 4) is 5.75 Å². The number of sulfonamides is 1. The summed E-state index contributed by atoms with van der Waals surface area (Å²) in [6.07, 6.45) is 1.91. The van der Waals surface area contributed by atoms with Gasteiger partial charge in [-0.3, -0.25) is 4.79 Å². The van der Waals surface area contributed by atoms with Crippen LogP contribution in [0, 0.1) is 5.92 Å². The number of aliphatic hydroxyl groups is 1. The van der Waals surface area contributed by atoms with Crippen molar-refractivity contribution in [3.05, 3.63) is 41.3 Å². The van der Waals surface area contributed by atoms with Gasteiger partial charge in [-0.2, -0.15) is 4.31 Å². The molecular weight excluding hydrogens is 538 g/mol. The quantitative estimate of drug-likeness (QED) is 0.529. The molecule has 9 nitrogen and oxygen atoms in total. The van der Waals surface area contributed by atoms with Gasteiger partial charge in [-0.05, 0) is 62.8 Å². The molecule has 1 aliphatic rings. The van der Waals surface area contributed by atoms with Gasteiger partial charge < -0.3 is 24.4 Å². The number of rotatable bonds is 7. The number of benzene rings is 1. The van der Waals surface area contributed by atoms with Crippen LogP contribution in [0.3, 0.4) is 0 Å². The molecule has 0 fully saturated rings. The van der Waals surface area contributed by atoms with E-state index in [0.717, 1.165) is 24.9 Å². The zero-order valence-electron chi connectivity index (χ0n) is 23.9. The summed E-state index contributed by atoms with van der Waals surface area (Å²) in [5.74, 6) is 0.0596. The summed E-state index contributed by atoms with van der Waals surface area (Å²) < 4.78 is 40.4. The van der Waals surface area contributed by atoms with Crippen LogP contribution in [0.25, 0.3) is 0 Å². The van der Waals surface area contributed by atoms with Gasteiger partial charge in [0.2, 0.25) is 0 Å². The molecular formula is C28H43N3O6S2. The van der Waals surface area contributed by atoms with Gasteiger partial charge in [-0.1, -0.05) is 13.0 Å². The third-order valence-corrected chi connectivity index (χ3v) is 10.3. The van der Waals surface area contributed by atoms with Crippen molar-refractivity contribution in [1.82, 2.24) is 9.21 Å². The summed E-state index contributed by atoms with van der Waals surface area (Å²) in [5.41, 5.74) is 1.30. The summed E-state index contributed by atoms with van der Waals surface area (Å²) in [4.78, 5) is 17.6. The molecule has 218 valence electrons. The third kappa shape index (κ3) is 7.94. The maximum Gasteiger partial charge on any atom is 0.258 e. The minimum atomic E-state index is -3.65. The van der Waals surface area contributed by atoms with Crippen molar-refractivity contribution in [3.63, 3.8) is 0 Å². The van der Waals surface area contributed by atoms with Crippen LogP contribution in [-0.4, -0.2) is 94.3 Å². The summed E-state index contributed by atoms with van der Waals surface area (Å²) in [6, 6.07) is 8.45. The van der Waals surface area contributed by atoms with Gasteiger partial charge in [0.05, 0.1) is 30.4 Å². The molecule has 11 heteroatoms. The molecule has 3 rings (SSSR count). The molecule has 1 amide bonds. The lowest BCUT2D eigenvalue weighted by Crippen LogP contribution is -2.48. The number of anilines is 1. The first-order chi connectivity index (χ1) is 18.4. The van der Waals surface area contributed by atoms with Crippen molar-refractivity contribution in [2.45, 2.75) is 62.5 Å². The van der Waals surface area contributed by atoms with Crippen LogP contribution < -0.4 is 9.64 Å². The zero-order valence-corrected chi connectivity index (χ0v) is 25.5. The molecule has 1 N–H and O–H groups in total. The highest BCUT2D eigenvalue weighted by Crippen LogP contribution is 2.29. The van der Waals surface area contributed by atoms with Crippen molar-refractivity contribution in [1.29, 1.82) is 0 Å². The predicted molar refractivity (Wildman–Crippen MR) is 155 cm³/mol. The molecule has 1 aromatic carbocycles. The van der Waals surface area contributed by atoms with Gasteiger partial charge in [0, 0.05) is 52.4 Å². The fourth-order valence-corrected chi connectivity index (χ4v) is 6.95. The van der Waals surface area contributed by atoms with E-state index in [1.807, 2.05) is 51.0 Å². The molecule has 2 aromatic rings. The van der Waals surface area contributed by atoms with Crippen LogP contribution in [0.1, 0.15) is 50.4 Å². The third-order valence-electron chi connectivity index (χ3n) is 7.15. The lowest BCUT2D eigenvalue weighted by Gasteiger charge is -2.35. The Kier molecular flexibility index (Phi) is 11.2. The number of fused-ring (bicyclic) bond motifs is 1. The van der Waals surface area contributed by atoms with Crippen molar-refractivity contribution in [2.75, 3.05) is 52.3 Å². The average Bonchev–Trinajstić information content (AvgIpc) is 3.45. The first kappa shape index (κ1) is 31.3. The number of nitrogens with zero attached hydrogens (tertiary/aromatic N) is 3. The van der Waals surface area contributed by atoms with Crippen LogP contribution in [0.15, 0.2) is 39.9 Å². The molecule has 0 saturated heterocycles. The topological polar surface area (TPSA) is 99.6 Å². The highest BCUT2D eigenvalue weighted by atomic mass is 32.2. The SMILES string of the molecule is C[C@@H]1CCCCO[C@@H](CN(C)S(=O)(=O)c2cccs2)[C@H](C)CN([C@H](C)CO)C(=O)c2cc(N(C)C)ccc2O1. The number of likely N-dealkylation sites (N-methyl/N-ethyl adjacent to an activating group) is 1. The average molecular weight is 582 g/mol. The van der Waals surface area contributed by atoms with E-state index in [-0.39, 0.29) is 41.8 Å². The largest absolute Gasteiger partial charge is 0.490 e. The van der Waals surface area contributed by atoms with E-state index >= 15 is 0 Å². The lowest BCUT2D eigenvalue weighted by molar-refractivity contribution is -0.00832.